The van der Waals surface area contributed by atoms with E-state index in [1.54, 1.807) is 0 Å². The summed E-state index contributed by atoms with van der Waals surface area (Å²) in [5.74, 6) is 2.76. The van der Waals surface area contributed by atoms with Gasteiger partial charge in [0.1, 0.15) is 5.82 Å². The minimum Gasteiger partial charge on any atom is -0.357 e. The Labute approximate surface area is 110 Å². The summed E-state index contributed by atoms with van der Waals surface area (Å²) in [4.78, 5) is 6.88. The Morgan fingerprint density at radius 1 is 1.28 bits per heavy atom. The summed E-state index contributed by atoms with van der Waals surface area (Å²) < 4.78 is 0. The van der Waals surface area contributed by atoms with Crippen molar-refractivity contribution < 1.29 is 0 Å². The highest BCUT2D eigenvalue weighted by Crippen LogP contribution is 2.27. The normalized spacial score (nSPS) is 19.3. The number of nitrogens with two attached hydrogens (primary N) is 1. The van der Waals surface area contributed by atoms with Gasteiger partial charge in [-0.2, -0.15) is 0 Å². The zero-order chi connectivity index (χ0) is 13.1. The summed E-state index contributed by atoms with van der Waals surface area (Å²) >= 11 is 0. The van der Waals surface area contributed by atoms with Gasteiger partial charge in [0.25, 0.3) is 0 Å². The van der Waals surface area contributed by atoms with Crippen molar-refractivity contribution in [2.75, 3.05) is 18.0 Å². The highest BCUT2D eigenvalue weighted by atomic mass is 15.2. The molecule has 0 aliphatic carbocycles. The molecule has 0 spiro atoms. The van der Waals surface area contributed by atoms with Crippen molar-refractivity contribution in [2.45, 2.75) is 39.7 Å². The number of rotatable bonds is 3. The number of hydrogen-bond acceptors (Lipinski definition) is 3. The average Bonchev–Trinajstić information content (AvgIpc) is 2.39. The zero-order valence-corrected chi connectivity index (χ0v) is 11.8. The Morgan fingerprint density at radius 2 is 1.94 bits per heavy atom. The fourth-order valence-corrected chi connectivity index (χ4v) is 2.69. The van der Waals surface area contributed by atoms with Crippen molar-refractivity contribution in [3.8, 4) is 0 Å². The second kappa shape index (κ2) is 5.70. The second-order valence-corrected chi connectivity index (χ2v) is 5.80. The Balaban J connectivity index is 2.03. The minimum absolute atomic E-state index is 0.0833. The van der Waals surface area contributed by atoms with Crippen LogP contribution in [0.5, 0.6) is 0 Å². The number of aromatic nitrogens is 1. The van der Waals surface area contributed by atoms with Crippen molar-refractivity contribution in [3.63, 3.8) is 0 Å². The van der Waals surface area contributed by atoms with Crippen LogP contribution in [0.4, 0.5) is 5.82 Å². The molecule has 1 fully saturated rings. The second-order valence-electron chi connectivity index (χ2n) is 5.80. The lowest BCUT2D eigenvalue weighted by molar-refractivity contribution is 0.310. The van der Waals surface area contributed by atoms with E-state index in [9.17, 15) is 0 Å². The first-order valence-corrected chi connectivity index (χ1v) is 7.04. The molecule has 100 valence electrons. The Hall–Kier alpha value is -1.09. The number of pyridine rings is 1. The SMILES string of the molecule is CC(C)C1CCN(c2cc([C@@H](C)N)ccn2)CC1. The largest absolute Gasteiger partial charge is 0.357 e. The summed E-state index contributed by atoms with van der Waals surface area (Å²) in [6, 6.07) is 4.23. The lowest BCUT2D eigenvalue weighted by atomic mass is 9.87. The predicted octanol–water partition coefficient (Wildman–Crippen LogP) is 2.97. The first kappa shape index (κ1) is 13.3. The molecule has 1 saturated heterocycles. The van der Waals surface area contributed by atoms with E-state index < -0.39 is 0 Å². The smallest absolute Gasteiger partial charge is 0.128 e. The Morgan fingerprint density at radius 3 is 2.50 bits per heavy atom. The Kier molecular flexibility index (Phi) is 4.23. The van der Waals surface area contributed by atoms with Crippen LogP contribution in [0.2, 0.25) is 0 Å². The minimum atomic E-state index is 0.0833. The van der Waals surface area contributed by atoms with Gasteiger partial charge in [-0.1, -0.05) is 13.8 Å². The van der Waals surface area contributed by atoms with Gasteiger partial charge >= 0.3 is 0 Å². The van der Waals surface area contributed by atoms with E-state index in [2.05, 4.69) is 29.8 Å². The van der Waals surface area contributed by atoms with Crippen molar-refractivity contribution in [1.82, 2.24) is 4.98 Å². The molecule has 2 heterocycles. The van der Waals surface area contributed by atoms with Gasteiger partial charge in [-0.05, 0) is 49.3 Å². The third kappa shape index (κ3) is 3.02. The van der Waals surface area contributed by atoms with Crippen LogP contribution in [-0.2, 0) is 0 Å². The molecule has 0 bridgehead atoms. The molecule has 1 aliphatic heterocycles. The van der Waals surface area contributed by atoms with E-state index in [0.717, 1.165) is 30.7 Å². The monoisotopic (exact) mass is 247 g/mol. The maximum atomic E-state index is 5.93. The molecule has 1 aromatic rings. The average molecular weight is 247 g/mol. The number of piperidine rings is 1. The Bertz CT molecular complexity index is 379. The molecule has 18 heavy (non-hydrogen) atoms. The lowest BCUT2D eigenvalue weighted by Gasteiger charge is -2.34. The van der Waals surface area contributed by atoms with Gasteiger partial charge in [-0.3, -0.25) is 0 Å². The topological polar surface area (TPSA) is 42.1 Å². The molecule has 1 aromatic heterocycles. The maximum absolute atomic E-state index is 5.93. The van der Waals surface area contributed by atoms with E-state index in [-0.39, 0.29) is 6.04 Å². The van der Waals surface area contributed by atoms with Gasteiger partial charge < -0.3 is 10.6 Å². The van der Waals surface area contributed by atoms with Gasteiger partial charge in [-0.25, -0.2) is 4.98 Å². The molecule has 2 rings (SSSR count). The molecular formula is C15H25N3. The van der Waals surface area contributed by atoms with Crippen LogP contribution in [0.15, 0.2) is 18.3 Å². The van der Waals surface area contributed by atoms with Gasteiger partial charge in [-0.15, -0.1) is 0 Å². The van der Waals surface area contributed by atoms with Gasteiger partial charge in [0.05, 0.1) is 0 Å². The molecule has 2 N–H and O–H groups in total. The van der Waals surface area contributed by atoms with Crippen LogP contribution in [0.3, 0.4) is 0 Å². The summed E-state index contributed by atoms with van der Waals surface area (Å²) in [5, 5.41) is 0. The van der Waals surface area contributed by atoms with E-state index in [4.69, 9.17) is 5.73 Å². The first-order chi connectivity index (χ1) is 8.58. The zero-order valence-electron chi connectivity index (χ0n) is 11.8. The van der Waals surface area contributed by atoms with Crippen LogP contribution in [0.25, 0.3) is 0 Å². The molecular weight excluding hydrogens is 222 g/mol. The van der Waals surface area contributed by atoms with E-state index >= 15 is 0 Å². The van der Waals surface area contributed by atoms with Crippen molar-refractivity contribution in [2.24, 2.45) is 17.6 Å². The fraction of sp³-hybridized carbons (Fsp3) is 0.667. The van der Waals surface area contributed by atoms with E-state index in [0.29, 0.717) is 0 Å². The fourth-order valence-electron chi connectivity index (χ4n) is 2.69. The van der Waals surface area contributed by atoms with Crippen LogP contribution in [-0.4, -0.2) is 18.1 Å². The van der Waals surface area contributed by atoms with Gasteiger partial charge in [0.2, 0.25) is 0 Å². The number of hydrogen-bond donors (Lipinski definition) is 1. The quantitative estimate of drug-likeness (QED) is 0.893. The molecule has 0 aromatic carbocycles. The first-order valence-electron chi connectivity index (χ1n) is 7.04. The third-order valence-electron chi connectivity index (χ3n) is 4.10. The third-order valence-corrected chi connectivity index (χ3v) is 4.10. The summed E-state index contributed by atoms with van der Waals surface area (Å²) in [6.07, 6.45) is 4.44. The number of anilines is 1. The molecule has 1 atom stereocenters. The van der Waals surface area contributed by atoms with Crippen molar-refractivity contribution in [1.29, 1.82) is 0 Å². The molecule has 0 unspecified atom stereocenters. The predicted molar refractivity (Wildman–Crippen MR) is 76.6 cm³/mol. The molecule has 1 aliphatic rings. The van der Waals surface area contributed by atoms with E-state index in [1.165, 1.54) is 18.4 Å². The molecule has 0 radical (unpaired) electrons. The summed E-state index contributed by atoms with van der Waals surface area (Å²) in [6.45, 7) is 8.92. The number of nitrogens with zero attached hydrogens (tertiary/aromatic N) is 2. The van der Waals surface area contributed by atoms with E-state index in [1.807, 2.05) is 19.2 Å². The molecule has 0 saturated carbocycles. The van der Waals surface area contributed by atoms with Crippen LogP contribution in [0.1, 0.15) is 45.2 Å². The van der Waals surface area contributed by atoms with Crippen LogP contribution in [0, 0.1) is 11.8 Å². The lowest BCUT2D eigenvalue weighted by Crippen LogP contribution is -2.35. The maximum Gasteiger partial charge on any atom is 0.128 e. The highest BCUT2D eigenvalue weighted by molar-refractivity contribution is 5.42. The van der Waals surface area contributed by atoms with Crippen LogP contribution < -0.4 is 10.6 Å². The molecule has 3 heteroatoms. The molecule has 0 amide bonds. The standard InChI is InChI=1S/C15H25N3/c1-11(2)13-5-8-18(9-6-13)15-10-14(12(3)16)4-7-17-15/h4,7,10-13H,5-6,8-9,16H2,1-3H3/t12-/m1/s1. The highest BCUT2D eigenvalue weighted by Gasteiger charge is 2.22. The summed E-state index contributed by atoms with van der Waals surface area (Å²) in [5.41, 5.74) is 7.10. The van der Waals surface area contributed by atoms with Gasteiger partial charge in [0.15, 0.2) is 0 Å². The van der Waals surface area contributed by atoms with Crippen molar-refractivity contribution >= 4 is 5.82 Å². The van der Waals surface area contributed by atoms with Gasteiger partial charge in [0, 0.05) is 25.3 Å². The van der Waals surface area contributed by atoms with Crippen molar-refractivity contribution in [3.05, 3.63) is 23.9 Å². The summed E-state index contributed by atoms with van der Waals surface area (Å²) in [7, 11) is 0. The van der Waals surface area contributed by atoms with Crippen LogP contribution >= 0.6 is 0 Å². The molecule has 3 nitrogen and oxygen atoms in total.